The van der Waals surface area contributed by atoms with Gasteiger partial charge < -0.3 is 0 Å². The highest BCUT2D eigenvalue weighted by molar-refractivity contribution is 5.29. The topological polar surface area (TPSA) is 22.3 Å². The first-order valence-corrected chi connectivity index (χ1v) is 3.31. The van der Waals surface area contributed by atoms with Crippen LogP contribution in [-0.2, 0) is 12.7 Å². The van der Waals surface area contributed by atoms with Crippen LogP contribution in [0.25, 0.3) is 0 Å². The maximum absolute atomic E-state index is 12.1. The van der Waals surface area contributed by atoms with Crippen molar-refractivity contribution in [3.8, 4) is 0 Å². The first-order chi connectivity index (χ1) is 5.55. The van der Waals surface area contributed by atoms with E-state index >= 15 is 0 Å². The van der Waals surface area contributed by atoms with Gasteiger partial charge >= 0.3 is 6.18 Å². The lowest BCUT2D eigenvalue weighted by Gasteiger charge is -2.09. The third-order valence-corrected chi connectivity index (χ3v) is 1.49. The summed E-state index contributed by atoms with van der Waals surface area (Å²) in [4.78, 5) is 0. The van der Waals surface area contributed by atoms with E-state index in [4.69, 9.17) is 5.73 Å². The van der Waals surface area contributed by atoms with Gasteiger partial charge in [0.1, 0.15) is 0 Å². The highest BCUT2D eigenvalue weighted by Crippen LogP contribution is 2.31. The third-order valence-electron chi connectivity index (χ3n) is 1.49. The second-order valence-corrected chi connectivity index (χ2v) is 2.31. The highest BCUT2D eigenvalue weighted by Gasteiger charge is 2.32. The zero-order valence-corrected chi connectivity index (χ0v) is 6.10. The van der Waals surface area contributed by atoms with Crippen LogP contribution in [0.5, 0.6) is 0 Å². The Labute approximate surface area is 68.0 Å². The van der Waals surface area contributed by atoms with Crippen LogP contribution in [0.1, 0.15) is 11.1 Å². The van der Waals surface area contributed by atoms with E-state index in [0.717, 1.165) is 6.07 Å². The Morgan fingerprint density at radius 2 is 1.75 bits per heavy atom. The number of halogens is 3. The fourth-order valence-corrected chi connectivity index (χ4v) is 0.935. The molecule has 0 aliphatic rings. The predicted octanol–water partition coefficient (Wildman–Crippen LogP) is 2.27. The van der Waals surface area contributed by atoms with Gasteiger partial charge in [-0.3, -0.25) is 0 Å². The summed E-state index contributed by atoms with van der Waals surface area (Å²) < 4.78 is 36.4. The lowest BCUT2D eigenvalue weighted by molar-refractivity contribution is -0.138. The molecule has 0 bridgehead atoms. The molecule has 12 heavy (non-hydrogen) atoms. The molecule has 2 radical (unpaired) electrons. The Kier molecular flexibility index (Phi) is 2.38. The summed E-state index contributed by atoms with van der Waals surface area (Å²) in [6, 6.07) is 4.96. The van der Waals surface area contributed by atoms with Crippen LogP contribution in [0, 0.1) is 0 Å². The Bertz CT molecular complexity index is 267. The fourth-order valence-electron chi connectivity index (χ4n) is 0.935. The Morgan fingerprint density at radius 3 is 2.17 bits per heavy atom. The average molecular weight is 173 g/mol. The van der Waals surface area contributed by atoms with Crippen LogP contribution in [-0.4, -0.2) is 0 Å². The predicted molar refractivity (Wildman–Crippen MR) is 37.3 cm³/mol. The summed E-state index contributed by atoms with van der Waals surface area (Å²) in [5, 5.41) is 0. The van der Waals surface area contributed by atoms with E-state index in [0.29, 0.717) is 0 Å². The van der Waals surface area contributed by atoms with Crippen LogP contribution in [0.2, 0.25) is 0 Å². The van der Waals surface area contributed by atoms with E-state index in [-0.39, 0.29) is 5.56 Å². The first-order valence-electron chi connectivity index (χ1n) is 3.31. The normalized spacial score (nSPS) is 11.7. The molecule has 0 fully saturated rings. The maximum Gasteiger partial charge on any atom is 0.416 e. The van der Waals surface area contributed by atoms with Gasteiger partial charge in [-0.15, -0.1) is 5.73 Å². The van der Waals surface area contributed by atoms with E-state index in [1.54, 1.807) is 0 Å². The van der Waals surface area contributed by atoms with Crippen molar-refractivity contribution in [2.24, 2.45) is 0 Å². The van der Waals surface area contributed by atoms with E-state index in [1.807, 2.05) is 0 Å². The van der Waals surface area contributed by atoms with Gasteiger partial charge in [0.2, 0.25) is 0 Å². The number of rotatable bonds is 1. The molecule has 1 rings (SSSR count). The molecule has 0 saturated heterocycles. The van der Waals surface area contributed by atoms with Gasteiger partial charge in [-0.25, -0.2) is 0 Å². The SMILES string of the molecule is [N]Cc1ccccc1C(F)(F)F. The molecule has 0 unspecified atom stereocenters. The van der Waals surface area contributed by atoms with Gasteiger partial charge in [-0.05, 0) is 11.6 Å². The third kappa shape index (κ3) is 1.76. The molecule has 1 aromatic carbocycles. The molecule has 0 atom stereocenters. The molecular weight excluding hydrogens is 167 g/mol. The minimum Gasteiger partial charge on any atom is -0.166 e. The summed E-state index contributed by atoms with van der Waals surface area (Å²) in [6.45, 7) is -0.588. The molecule has 1 aromatic rings. The lowest BCUT2D eigenvalue weighted by Crippen LogP contribution is -2.08. The van der Waals surface area contributed by atoms with Crippen molar-refractivity contribution in [3.05, 3.63) is 35.4 Å². The molecule has 64 valence electrons. The highest BCUT2D eigenvalue weighted by atomic mass is 19.4. The maximum atomic E-state index is 12.1. The van der Waals surface area contributed by atoms with Gasteiger partial charge in [-0.1, -0.05) is 18.2 Å². The van der Waals surface area contributed by atoms with Crippen molar-refractivity contribution in [1.82, 2.24) is 5.73 Å². The second kappa shape index (κ2) is 3.15. The number of hydrogen-bond donors (Lipinski definition) is 0. The minimum atomic E-state index is -4.38. The summed E-state index contributed by atoms with van der Waals surface area (Å²) in [5.41, 5.74) is 7.72. The minimum absolute atomic E-state index is 0.0926. The van der Waals surface area contributed by atoms with Crippen LogP contribution in [0.15, 0.2) is 24.3 Å². The smallest absolute Gasteiger partial charge is 0.166 e. The van der Waals surface area contributed by atoms with E-state index in [1.165, 1.54) is 18.2 Å². The molecule has 0 aromatic heterocycles. The zero-order valence-electron chi connectivity index (χ0n) is 6.10. The number of nitrogens with zero attached hydrogens (tertiary/aromatic N) is 1. The average Bonchev–Trinajstić information content (AvgIpc) is 2.03. The summed E-state index contributed by atoms with van der Waals surface area (Å²) in [5.74, 6) is 0. The standard InChI is InChI=1S/C8H6F3N/c9-8(10,11)7-4-2-1-3-6(7)5-12/h1-4H,5H2. The Balaban J connectivity index is 3.14. The van der Waals surface area contributed by atoms with E-state index in [9.17, 15) is 13.2 Å². The molecule has 0 aliphatic carbocycles. The van der Waals surface area contributed by atoms with Crippen molar-refractivity contribution < 1.29 is 13.2 Å². The largest absolute Gasteiger partial charge is 0.416 e. The Hall–Kier alpha value is -1.03. The van der Waals surface area contributed by atoms with E-state index < -0.39 is 18.3 Å². The Morgan fingerprint density at radius 1 is 1.17 bits per heavy atom. The summed E-state index contributed by atoms with van der Waals surface area (Å²) in [7, 11) is 0. The summed E-state index contributed by atoms with van der Waals surface area (Å²) in [6.07, 6.45) is -4.38. The van der Waals surface area contributed by atoms with E-state index in [2.05, 4.69) is 0 Å². The van der Waals surface area contributed by atoms with Gasteiger partial charge in [-0.2, -0.15) is 13.2 Å². The molecule has 1 nitrogen and oxygen atoms in total. The van der Waals surface area contributed by atoms with Crippen molar-refractivity contribution in [1.29, 1.82) is 0 Å². The van der Waals surface area contributed by atoms with Crippen LogP contribution >= 0.6 is 0 Å². The molecule has 0 N–H and O–H groups in total. The fraction of sp³-hybridized carbons (Fsp3) is 0.250. The number of benzene rings is 1. The molecule has 0 amide bonds. The van der Waals surface area contributed by atoms with Crippen molar-refractivity contribution in [2.75, 3.05) is 0 Å². The van der Waals surface area contributed by atoms with Gasteiger partial charge in [0, 0.05) is 0 Å². The monoisotopic (exact) mass is 173 g/mol. The molecule has 0 aliphatic heterocycles. The zero-order chi connectivity index (χ0) is 9.19. The van der Waals surface area contributed by atoms with Crippen LogP contribution in [0.4, 0.5) is 13.2 Å². The van der Waals surface area contributed by atoms with Crippen molar-refractivity contribution in [3.63, 3.8) is 0 Å². The van der Waals surface area contributed by atoms with Gasteiger partial charge in [0.15, 0.2) is 0 Å². The van der Waals surface area contributed by atoms with Crippen molar-refractivity contribution in [2.45, 2.75) is 12.7 Å². The van der Waals surface area contributed by atoms with Gasteiger partial charge in [0.05, 0.1) is 12.1 Å². The van der Waals surface area contributed by atoms with Crippen LogP contribution < -0.4 is 5.73 Å². The second-order valence-electron chi connectivity index (χ2n) is 2.31. The van der Waals surface area contributed by atoms with Crippen molar-refractivity contribution >= 4 is 0 Å². The molecule has 0 spiro atoms. The number of alkyl halides is 3. The molecular formula is C8H6F3N. The quantitative estimate of drug-likeness (QED) is 0.621. The molecule has 0 heterocycles. The summed E-state index contributed by atoms with van der Waals surface area (Å²) >= 11 is 0. The molecule has 0 saturated carbocycles. The van der Waals surface area contributed by atoms with Crippen LogP contribution in [0.3, 0.4) is 0 Å². The first kappa shape index (κ1) is 9.06. The lowest BCUT2D eigenvalue weighted by atomic mass is 10.1. The van der Waals surface area contributed by atoms with Gasteiger partial charge in [0.25, 0.3) is 0 Å². The molecule has 4 heteroatoms. The number of hydrogen-bond acceptors (Lipinski definition) is 0.